The Morgan fingerprint density at radius 1 is 1.20 bits per heavy atom. The van der Waals surface area contributed by atoms with Crippen LogP contribution in [-0.2, 0) is 0 Å². The van der Waals surface area contributed by atoms with E-state index in [0.29, 0.717) is 17.8 Å². The Bertz CT molecular complexity index is 623. The number of aryl methyl sites for hydroxylation is 1. The molecule has 0 bridgehead atoms. The standard InChI is InChI=1S/C16H17BrN2O/c1-3-19(13-7-4-11(2)5-8-13)16(20)12-6-9-15(18)14(17)10-12/h4-10H,3,18H2,1-2H3. The number of nitrogens with two attached hydrogens (primary N) is 1. The first-order valence-corrected chi connectivity index (χ1v) is 7.25. The van der Waals surface area contributed by atoms with Gasteiger partial charge in [0.05, 0.1) is 0 Å². The van der Waals surface area contributed by atoms with Gasteiger partial charge < -0.3 is 10.6 Å². The third kappa shape index (κ3) is 3.02. The topological polar surface area (TPSA) is 46.3 Å². The van der Waals surface area contributed by atoms with Crippen molar-refractivity contribution in [1.29, 1.82) is 0 Å². The van der Waals surface area contributed by atoms with Crippen molar-refractivity contribution in [3.05, 3.63) is 58.1 Å². The van der Waals surface area contributed by atoms with Crippen molar-refractivity contribution in [2.75, 3.05) is 17.2 Å². The highest BCUT2D eigenvalue weighted by Crippen LogP contribution is 2.23. The Morgan fingerprint density at radius 2 is 1.85 bits per heavy atom. The molecule has 104 valence electrons. The lowest BCUT2D eigenvalue weighted by atomic mass is 10.1. The summed E-state index contributed by atoms with van der Waals surface area (Å²) < 4.78 is 0.739. The lowest BCUT2D eigenvalue weighted by molar-refractivity contribution is 0.0988. The smallest absolute Gasteiger partial charge is 0.258 e. The van der Waals surface area contributed by atoms with Gasteiger partial charge in [-0.3, -0.25) is 4.79 Å². The molecule has 3 nitrogen and oxygen atoms in total. The van der Waals surface area contributed by atoms with Crippen molar-refractivity contribution in [2.24, 2.45) is 0 Å². The fraction of sp³-hybridized carbons (Fsp3) is 0.188. The Morgan fingerprint density at radius 3 is 2.40 bits per heavy atom. The lowest BCUT2D eigenvalue weighted by Crippen LogP contribution is -2.30. The number of anilines is 2. The van der Waals surface area contributed by atoms with E-state index in [1.54, 1.807) is 23.1 Å². The largest absolute Gasteiger partial charge is 0.398 e. The van der Waals surface area contributed by atoms with E-state index in [1.807, 2.05) is 38.1 Å². The normalized spacial score (nSPS) is 10.3. The molecule has 0 heterocycles. The van der Waals surface area contributed by atoms with E-state index >= 15 is 0 Å². The molecule has 2 N–H and O–H groups in total. The summed E-state index contributed by atoms with van der Waals surface area (Å²) in [5.41, 5.74) is 9.07. The van der Waals surface area contributed by atoms with Crippen LogP contribution in [0.25, 0.3) is 0 Å². The van der Waals surface area contributed by atoms with E-state index in [1.165, 1.54) is 5.56 Å². The molecule has 1 amide bonds. The molecule has 2 aromatic carbocycles. The molecule has 0 aliphatic heterocycles. The van der Waals surface area contributed by atoms with E-state index in [2.05, 4.69) is 15.9 Å². The number of rotatable bonds is 3. The van der Waals surface area contributed by atoms with Crippen LogP contribution < -0.4 is 10.6 Å². The molecule has 20 heavy (non-hydrogen) atoms. The first-order chi connectivity index (χ1) is 9.52. The van der Waals surface area contributed by atoms with Gasteiger partial charge in [0.2, 0.25) is 0 Å². The number of halogens is 1. The molecule has 0 aliphatic carbocycles. The monoisotopic (exact) mass is 332 g/mol. The van der Waals surface area contributed by atoms with Gasteiger partial charge in [0.25, 0.3) is 5.91 Å². The number of carbonyl (C=O) groups excluding carboxylic acids is 1. The van der Waals surface area contributed by atoms with Crippen LogP contribution in [-0.4, -0.2) is 12.5 Å². The second-order valence-corrected chi connectivity index (χ2v) is 5.48. The Kier molecular flexibility index (Phi) is 4.45. The van der Waals surface area contributed by atoms with E-state index in [4.69, 9.17) is 5.73 Å². The summed E-state index contributed by atoms with van der Waals surface area (Å²) in [6, 6.07) is 13.2. The molecule has 0 atom stereocenters. The Balaban J connectivity index is 2.33. The number of nitrogens with zero attached hydrogens (tertiary/aromatic N) is 1. The van der Waals surface area contributed by atoms with Crippen LogP contribution in [0.3, 0.4) is 0 Å². The quantitative estimate of drug-likeness (QED) is 0.863. The molecule has 0 aromatic heterocycles. The summed E-state index contributed by atoms with van der Waals surface area (Å²) >= 11 is 3.36. The molecule has 2 aromatic rings. The fourth-order valence-corrected chi connectivity index (χ4v) is 2.36. The molecule has 0 radical (unpaired) electrons. The minimum absolute atomic E-state index is 0.0305. The molecule has 0 spiro atoms. The molecule has 2 rings (SSSR count). The van der Waals surface area contributed by atoms with Gasteiger partial charge in [0.15, 0.2) is 0 Å². The van der Waals surface area contributed by atoms with Gasteiger partial charge >= 0.3 is 0 Å². The summed E-state index contributed by atoms with van der Waals surface area (Å²) in [4.78, 5) is 14.3. The summed E-state index contributed by atoms with van der Waals surface area (Å²) in [5.74, 6) is -0.0305. The van der Waals surface area contributed by atoms with Crippen LogP contribution in [0.5, 0.6) is 0 Å². The van der Waals surface area contributed by atoms with Crippen LogP contribution in [0.15, 0.2) is 46.9 Å². The third-order valence-electron chi connectivity index (χ3n) is 3.15. The van der Waals surface area contributed by atoms with Crippen LogP contribution in [0.1, 0.15) is 22.8 Å². The van der Waals surface area contributed by atoms with E-state index in [9.17, 15) is 4.79 Å². The summed E-state index contributed by atoms with van der Waals surface area (Å²) in [7, 11) is 0. The molecule has 0 unspecified atom stereocenters. The van der Waals surface area contributed by atoms with Gasteiger partial charge in [-0.05, 0) is 60.1 Å². The zero-order chi connectivity index (χ0) is 14.7. The molecular formula is C16H17BrN2O. The number of benzene rings is 2. The SMILES string of the molecule is CCN(C(=O)c1ccc(N)c(Br)c1)c1ccc(C)cc1. The number of nitrogen functional groups attached to an aromatic ring is 1. The average Bonchev–Trinajstić information content (AvgIpc) is 2.44. The van der Waals surface area contributed by atoms with Gasteiger partial charge in [-0.1, -0.05) is 17.7 Å². The average molecular weight is 333 g/mol. The lowest BCUT2D eigenvalue weighted by Gasteiger charge is -2.21. The Hall–Kier alpha value is -1.81. The van der Waals surface area contributed by atoms with Crippen molar-refractivity contribution < 1.29 is 4.79 Å². The molecular weight excluding hydrogens is 316 g/mol. The van der Waals surface area contributed by atoms with Crippen molar-refractivity contribution in [3.63, 3.8) is 0 Å². The van der Waals surface area contributed by atoms with Crippen molar-refractivity contribution in [1.82, 2.24) is 0 Å². The van der Waals surface area contributed by atoms with Crippen molar-refractivity contribution in [2.45, 2.75) is 13.8 Å². The highest BCUT2D eigenvalue weighted by atomic mass is 79.9. The van der Waals surface area contributed by atoms with Crippen LogP contribution in [0, 0.1) is 6.92 Å². The van der Waals surface area contributed by atoms with Crippen molar-refractivity contribution >= 4 is 33.2 Å². The van der Waals surface area contributed by atoms with Crippen LogP contribution in [0.2, 0.25) is 0 Å². The minimum atomic E-state index is -0.0305. The van der Waals surface area contributed by atoms with Gasteiger partial charge in [-0.25, -0.2) is 0 Å². The number of hydrogen-bond acceptors (Lipinski definition) is 2. The van der Waals surface area contributed by atoms with Gasteiger partial charge in [-0.2, -0.15) is 0 Å². The zero-order valence-corrected chi connectivity index (χ0v) is 13.1. The maximum absolute atomic E-state index is 12.6. The Labute approximate surface area is 127 Å². The van der Waals surface area contributed by atoms with Gasteiger partial charge in [0.1, 0.15) is 0 Å². The highest BCUT2D eigenvalue weighted by molar-refractivity contribution is 9.10. The summed E-state index contributed by atoms with van der Waals surface area (Å²) in [5, 5.41) is 0. The molecule has 4 heteroatoms. The summed E-state index contributed by atoms with van der Waals surface area (Å²) in [6.45, 7) is 4.60. The molecule has 0 aliphatic rings. The highest BCUT2D eigenvalue weighted by Gasteiger charge is 2.16. The maximum Gasteiger partial charge on any atom is 0.258 e. The first-order valence-electron chi connectivity index (χ1n) is 6.46. The predicted octanol–water partition coefficient (Wildman–Crippen LogP) is 4.01. The number of hydrogen-bond donors (Lipinski definition) is 1. The minimum Gasteiger partial charge on any atom is -0.398 e. The van der Waals surface area contributed by atoms with E-state index < -0.39 is 0 Å². The first kappa shape index (κ1) is 14.6. The molecule has 0 saturated carbocycles. The maximum atomic E-state index is 12.6. The fourth-order valence-electron chi connectivity index (χ4n) is 1.98. The van der Waals surface area contributed by atoms with E-state index in [0.717, 1.165) is 10.2 Å². The van der Waals surface area contributed by atoms with Crippen molar-refractivity contribution in [3.8, 4) is 0 Å². The zero-order valence-electron chi connectivity index (χ0n) is 11.6. The van der Waals surface area contributed by atoms with Crippen LogP contribution >= 0.6 is 15.9 Å². The number of amides is 1. The summed E-state index contributed by atoms with van der Waals surface area (Å²) in [6.07, 6.45) is 0. The second kappa shape index (κ2) is 6.09. The van der Waals surface area contributed by atoms with Crippen LogP contribution in [0.4, 0.5) is 11.4 Å². The molecule has 0 saturated heterocycles. The third-order valence-corrected chi connectivity index (χ3v) is 3.84. The van der Waals surface area contributed by atoms with E-state index in [-0.39, 0.29) is 5.91 Å². The second-order valence-electron chi connectivity index (χ2n) is 4.62. The molecule has 0 fully saturated rings. The van der Waals surface area contributed by atoms with Gasteiger partial charge in [-0.15, -0.1) is 0 Å². The number of carbonyl (C=O) groups is 1. The van der Waals surface area contributed by atoms with Gasteiger partial charge in [0, 0.05) is 28.0 Å². The predicted molar refractivity (Wildman–Crippen MR) is 87.1 cm³/mol.